The van der Waals surface area contributed by atoms with Crippen molar-refractivity contribution in [1.82, 2.24) is 10.2 Å². The van der Waals surface area contributed by atoms with Gasteiger partial charge in [-0.1, -0.05) is 54.8 Å². The highest BCUT2D eigenvalue weighted by Crippen LogP contribution is 2.22. The molecule has 0 fully saturated rings. The summed E-state index contributed by atoms with van der Waals surface area (Å²) in [6.07, 6.45) is 2.32. The number of amides is 2. The minimum absolute atomic E-state index is 0.0175. The molecule has 0 bridgehead atoms. The van der Waals surface area contributed by atoms with Crippen LogP contribution in [0.4, 0.5) is 0 Å². The van der Waals surface area contributed by atoms with E-state index in [0.29, 0.717) is 30.3 Å². The molecule has 2 aromatic carbocycles. The smallest absolute Gasteiger partial charge is 0.242 e. The minimum atomic E-state index is -0.518. The minimum Gasteiger partial charge on any atom is -0.354 e. The van der Waals surface area contributed by atoms with Gasteiger partial charge in [-0.25, -0.2) is 0 Å². The molecule has 0 spiro atoms. The maximum Gasteiger partial charge on any atom is 0.242 e. The summed E-state index contributed by atoms with van der Waals surface area (Å²) in [5, 5.41) is 3.65. The summed E-state index contributed by atoms with van der Waals surface area (Å²) in [5.41, 5.74) is 2.17. The van der Waals surface area contributed by atoms with Crippen LogP contribution in [0.5, 0.6) is 0 Å². The Morgan fingerprint density at radius 2 is 1.90 bits per heavy atom. The van der Waals surface area contributed by atoms with Crippen molar-refractivity contribution < 1.29 is 9.59 Å². The zero-order valence-corrected chi connectivity index (χ0v) is 19.6. The largest absolute Gasteiger partial charge is 0.354 e. The van der Waals surface area contributed by atoms with Crippen LogP contribution in [-0.2, 0) is 16.1 Å². The van der Waals surface area contributed by atoms with Crippen LogP contribution in [0.3, 0.4) is 0 Å². The predicted molar refractivity (Wildman–Crippen MR) is 126 cm³/mol. The van der Waals surface area contributed by atoms with Gasteiger partial charge in [-0.2, -0.15) is 0 Å². The normalized spacial score (nSPS) is 11.7. The van der Waals surface area contributed by atoms with Crippen LogP contribution < -0.4 is 5.32 Å². The molecule has 0 aliphatic heterocycles. The number of nitrogens with zero attached hydrogens (tertiary/aromatic N) is 1. The molecule has 0 unspecified atom stereocenters. The van der Waals surface area contributed by atoms with Crippen molar-refractivity contribution in [3.8, 4) is 0 Å². The van der Waals surface area contributed by atoms with Crippen LogP contribution in [0.25, 0.3) is 0 Å². The standard InChI is InChI=1S/C24H31ClN2O2S/c1-4-5-14-26-24(29)19(3)27(17-20-8-6-7-18(2)16-20)23(28)13-15-30-22-11-9-21(25)10-12-22/h6-12,16,19H,4-5,13-15,17H2,1-3H3,(H,26,29)/t19-/m1/s1. The molecule has 162 valence electrons. The van der Waals surface area contributed by atoms with Gasteiger partial charge in [0.25, 0.3) is 0 Å². The Kier molecular flexibility index (Phi) is 10.2. The second-order valence-electron chi connectivity index (χ2n) is 7.38. The Morgan fingerprint density at radius 1 is 1.17 bits per heavy atom. The summed E-state index contributed by atoms with van der Waals surface area (Å²) in [6, 6.07) is 15.1. The van der Waals surface area contributed by atoms with Gasteiger partial charge in [0.05, 0.1) is 0 Å². The highest BCUT2D eigenvalue weighted by Gasteiger charge is 2.25. The fourth-order valence-electron chi connectivity index (χ4n) is 3.06. The van der Waals surface area contributed by atoms with Crippen molar-refractivity contribution in [3.05, 3.63) is 64.7 Å². The highest BCUT2D eigenvalue weighted by atomic mass is 35.5. The van der Waals surface area contributed by atoms with Crippen LogP contribution >= 0.6 is 23.4 Å². The molecule has 0 heterocycles. The quantitative estimate of drug-likeness (QED) is 0.368. The van der Waals surface area contributed by atoms with E-state index < -0.39 is 6.04 Å². The van der Waals surface area contributed by atoms with E-state index in [1.807, 2.05) is 49.4 Å². The predicted octanol–water partition coefficient (Wildman–Crippen LogP) is 5.46. The summed E-state index contributed by atoms with van der Waals surface area (Å²) >= 11 is 7.54. The van der Waals surface area contributed by atoms with Crippen LogP contribution in [0.15, 0.2) is 53.4 Å². The third-order valence-corrected chi connectivity index (χ3v) is 6.10. The number of thioether (sulfide) groups is 1. The highest BCUT2D eigenvalue weighted by molar-refractivity contribution is 7.99. The first-order chi connectivity index (χ1) is 14.4. The molecule has 0 saturated heterocycles. The molecule has 2 aromatic rings. The average Bonchev–Trinajstić information content (AvgIpc) is 2.73. The van der Waals surface area contributed by atoms with Gasteiger partial charge in [-0.15, -0.1) is 11.8 Å². The molecule has 6 heteroatoms. The topological polar surface area (TPSA) is 49.4 Å². The molecule has 1 N–H and O–H groups in total. The number of halogens is 1. The van der Waals surface area contributed by atoms with Crippen molar-refractivity contribution in [2.45, 2.75) is 57.5 Å². The number of carbonyl (C=O) groups excluding carboxylic acids is 2. The average molecular weight is 447 g/mol. The van der Waals surface area contributed by atoms with Gasteiger partial charge in [-0.05, 0) is 50.1 Å². The van der Waals surface area contributed by atoms with Gasteiger partial charge < -0.3 is 10.2 Å². The summed E-state index contributed by atoms with van der Waals surface area (Å²) in [5.74, 6) is 0.528. The zero-order valence-electron chi connectivity index (χ0n) is 18.0. The van der Waals surface area contributed by atoms with Gasteiger partial charge in [0.2, 0.25) is 11.8 Å². The van der Waals surface area contributed by atoms with Gasteiger partial charge in [0.1, 0.15) is 6.04 Å². The molecular formula is C24H31ClN2O2S. The van der Waals surface area contributed by atoms with Crippen molar-refractivity contribution in [2.75, 3.05) is 12.3 Å². The number of unbranched alkanes of at least 4 members (excludes halogenated alkanes) is 1. The van der Waals surface area contributed by atoms with Crippen LogP contribution in [0.1, 0.15) is 44.2 Å². The lowest BCUT2D eigenvalue weighted by atomic mass is 10.1. The monoisotopic (exact) mass is 446 g/mol. The molecule has 0 radical (unpaired) electrons. The van der Waals surface area contributed by atoms with Crippen LogP contribution in [0, 0.1) is 6.92 Å². The second kappa shape index (κ2) is 12.7. The summed E-state index contributed by atoms with van der Waals surface area (Å²) in [6.45, 7) is 6.98. The molecule has 30 heavy (non-hydrogen) atoms. The first-order valence-corrected chi connectivity index (χ1v) is 11.8. The zero-order chi connectivity index (χ0) is 21.9. The van der Waals surface area contributed by atoms with Crippen LogP contribution in [-0.4, -0.2) is 35.1 Å². The third-order valence-electron chi connectivity index (χ3n) is 4.83. The van der Waals surface area contributed by atoms with E-state index in [2.05, 4.69) is 18.3 Å². The van der Waals surface area contributed by atoms with E-state index in [4.69, 9.17) is 11.6 Å². The van der Waals surface area contributed by atoms with Crippen molar-refractivity contribution in [2.24, 2.45) is 0 Å². The molecule has 0 aromatic heterocycles. The Hall–Kier alpha value is -1.98. The third kappa shape index (κ3) is 8.04. The molecule has 1 atom stereocenters. The number of benzene rings is 2. The molecule has 2 amide bonds. The maximum atomic E-state index is 13.1. The number of hydrogen-bond acceptors (Lipinski definition) is 3. The Labute approximate surface area is 189 Å². The molecule has 0 aliphatic rings. The lowest BCUT2D eigenvalue weighted by Crippen LogP contribution is -2.47. The van der Waals surface area contributed by atoms with Gasteiger partial charge >= 0.3 is 0 Å². The first kappa shape index (κ1) is 24.3. The molecule has 2 rings (SSSR count). The fourth-order valence-corrected chi connectivity index (χ4v) is 4.02. The fraction of sp³-hybridized carbons (Fsp3) is 0.417. The number of nitrogens with one attached hydrogen (secondary N) is 1. The summed E-state index contributed by atoms with van der Waals surface area (Å²) < 4.78 is 0. The van der Waals surface area contributed by atoms with E-state index >= 15 is 0 Å². The maximum absolute atomic E-state index is 13.1. The first-order valence-electron chi connectivity index (χ1n) is 10.4. The van der Waals surface area contributed by atoms with Crippen molar-refractivity contribution in [1.29, 1.82) is 0 Å². The van der Waals surface area contributed by atoms with Crippen LogP contribution in [0.2, 0.25) is 5.02 Å². The van der Waals surface area contributed by atoms with E-state index in [0.717, 1.165) is 28.9 Å². The number of hydrogen-bond donors (Lipinski definition) is 1. The van der Waals surface area contributed by atoms with E-state index in [9.17, 15) is 9.59 Å². The number of rotatable bonds is 11. The number of carbonyl (C=O) groups is 2. The SMILES string of the molecule is CCCCNC(=O)[C@@H](C)N(Cc1cccc(C)c1)C(=O)CCSc1ccc(Cl)cc1. The number of aryl methyl sites for hydroxylation is 1. The molecule has 0 aliphatic carbocycles. The van der Waals surface area contributed by atoms with Crippen molar-refractivity contribution in [3.63, 3.8) is 0 Å². The summed E-state index contributed by atoms with van der Waals surface area (Å²) in [4.78, 5) is 28.5. The van der Waals surface area contributed by atoms with E-state index in [1.165, 1.54) is 0 Å². The molecule has 0 saturated carbocycles. The van der Waals surface area contributed by atoms with Gasteiger partial charge in [0, 0.05) is 35.2 Å². The van der Waals surface area contributed by atoms with E-state index in [-0.39, 0.29) is 11.8 Å². The lowest BCUT2D eigenvalue weighted by molar-refractivity contribution is -0.140. The second-order valence-corrected chi connectivity index (χ2v) is 8.99. The molecular weight excluding hydrogens is 416 g/mol. The lowest BCUT2D eigenvalue weighted by Gasteiger charge is -2.29. The van der Waals surface area contributed by atoms with Gasteiger partial charge in [-0.3, -0.25) is 9.59 Å². The Morgan fingerprint density at radius 3 is 2.57 bits per heavy atom. The van der Waals surface area contributed by atoms with E-state index in [1.54, 1.807) is 23.6 Å². The summed E-state index contributed by atoms with van der Waals surface area (Å²) in [7, 11) is 0. The molecule has 4 nitrogen and oxygen atoms in total. The Bertz CT molecular complexity index is 826. The van der Waals surface area contributed by atoms with Crippen molar-refractivity contribution >= 4 is 35.2 Å². The Balaban J connectivity index is 2.03. The van der Waals surface area contributed by atoms with Gasteiger partial charge in [0.15, 0.2) is 0 Å².